The van der Waals surface area contributed by atoms with Crippen molar-refractivity contribution >= 4 is 5.97 Å². The monoisotopic (exact) mass is 170 g/mol. The van der Waals surface area contributed by atoms with Crippen LogP contribution in [0.15, 0.2) is 0 Å². The summed E-state index contributed by atoms with van der Waals surface area (Å²) >= 11 is 0. The van der Waals surface area contributed by atoms with Crippen molar-refractivity contribution in [3.8, 4) is 0 Å². The van der Waals surface area contributed by atoms with E-state index in [1.165, 1.54) is 0 Å². The maximum Gasteiger partial charge on any atom is 0.306 e. The number of carboxylic acid groups (broad SMARTS) is 1. The molecule has 0 amide bonds. The van der Waals surface area contributed by atoms with E-state index in [1.807, 2.05) is 0 Å². The highest BCUT2D eigenvalue weighted by atomic mass is 16.4. The van der Waals surface area contributed by atoms with Crippen LogP contribution in [0.2, 0.25) is 0 Å². The zero-order valence-electron chi connectivity index (χ0n) is 6.94. The van der Waals surface area contributed by atoms with Gasteiger partial charge < -0.3 is 10.2 Å². The van der Waals surface area contributed by atoms with Gasteiger partial charge in [-0.1, -0.05) is 0 Å². The number of aliphatic hydroxyl groups excluding tert-OH is 1. The average molecular weight is 170 g/mol. The highest BCUT2D eigenvalue weighted by Gasteiger charge is 2.44. The first-order chi connectivity index (χ1) is 5.68. The van der Waals surface area contributed by atoms with Gasteiger partial charge in [-0.3, -0.25) is 4.79 Å². The number of aliphatic carboxylic acids is 1. The minimum atomic E-state index is -0.719. The molecule has 0 aromatic carbocycles. The number of rotatable bonds is 1. The number of carboxylic acids is 1. The molecular formula is C9H14O3. The minimum Gasteiger partial charge on any atom is -0.481 e. The van der Waals surface area contributed by atoms with Gasteiger partial charge in [-0.25, -0.2) is 0 Å². The van der Waals surface area contributed by atoms with Gasteiger partial charge in [0.05, 0.1) is 12.0 Å². The molecule has 4 atom stereocenters. The van der Waals surface area contributed by atoms with Crippen molar-refractivity contribution in [3.63, 3.8) is 0 Å². The van der Waals surface area contributed by atoms with Gasteiger partial charge in [0.2, 0.25) is 0 Å². The molecule has 0 aliphatic heterocycles. The van der Waals surface area contributed by atoms with Crippen LogP contribution >= 0.6 is 0 Å². The molecular weight excluding hydrogens is 156 g/mol. The second-order valence-electron chi connectivity index (χ2n) is 4.09. The molecule has 68 valence electrons. The highest BCUT2D eigenvalue weighted by molar-refractivity contribution is 5.70. The largest absolute Gasteiger partial charge is 0.481 e. The summed E-state index contributed by atoms with van der Waals surface area (Å²) in [6, 6.07) is 0. The first-order valence-corrected chi connectivity index (χ1v) is 4.59. The lowest BCUT2D eigenvalue weighted by Crippen LogP contribution is -2.44. The summed E-state index contributed by atoms with van der Waals surface area (Å²) in [5.74, 6) is -0.491. The summed E-state index contributed by atoms with van der Waals surface area (Å²) in [5.41, 5.74) is 0. The Morgan fingerprint density at radius 3 is 2.42 bits per heavy atom. The van der Waals surface area contributed by atoms with E-state index in [-0.39, 0.29) is 17.9 Å². The van der Waals surface area contributed by atoms with Crippen LogP contribution in [-0.2, 0) is 4.79 Å². The molecule has 3 nitrogen and oxygen atoms in total. The van der Waals surface area contributed by atoms with E-state index in [2.05, 4.69) is 0 Å². The van der Waals surface area contributed by atoms with Gasteiger partial charge in [-0.2, -0.15) is 0 Å². The summed E-state index contributed by atoms with van der Waals surface area (Å²) in [4.78, 5) is 10.8. The molecule has 3 heteroatoms. The van der Waals surface area contributed by atoms with Crippen LogP contribution < -0.4 is 0 Å². The molecule has 3 fully saturated rings. The molecule has 0 unspecified atom stereocenters. The Labute approximate surface area is 71.4 Å². The lowest BCUT2D eigenvalue weighted by molar-refractivity contribution is -0.152. The Morgan fingerprint density at radius 1 is 1.25 bits per heavy atom. The maximum absolute atomic E-state index is 10.8. The van der Waals surface area contributed by atoms with E-state index in [0.29, 0.717) is 5.92 Å². The number of hydrogen-bond donors (Lipinski definition) is 2. The van der Waals surface area contributed by atoms with Crippen LogP contribution in [0.25, 0.3) is 0 Å². The van der Waals surface area contributed by atoms with Gasteiger partial charge in [-0.05, 0) is 37.5 Å². The van der Waals surface area contributed by atoms with Crippen molar-refractivity contribution in [3.05, 3.63) is 0 Å². The molecule has 2 bridgehead atoms. The fourth-order valence-corrected chi connectivity index (χ4v) is 2.76. The molecule has 0 spiro atoms. The molecule has 0 radical (unpaired) electrons. The summed E-state index contributed by atoms with van der Waals surface area (Å²) in [6.07, 6.45) is 3.29. The quantitative estimate of drug-likeness (QED) is 0.614. The summed E-state index contributed by atoms with van der Waals surface area (Å²) in [6.45, 7) is 0. The fraction of sp³-hybridized carbons (Fsp3) is 0.889. The molecule has 12 heavy (non-hydrogen) atoms. The van der Waals surface area contributed by atoms with Gasteiger partial charge in [0.15, 0.2) is 0 Å². The molecule has 0 aromatic heterocycles. The van der Waals surface area contributed by atoms with Crippen molar-refractivity contribution in [2.75, 3.05) is 0 Å². The van der Waals surface area contributed by atoms with Gasteiger partial charge in [0.1, 0.15) is 0 Å². The normalized spacial score (nSPS) is 46.1. The van der Waals surface area contributed by atoms with Crippen LogP contribution in [0.4, 0.5) is 0 Å². The lowest BCUT2D eigenvalue weighted by Gasteiger charge is -2.43. The molecule has 3 rings (SSSR count). The number of fused-ring (bicyclic) bond motifs is 3. The van der Waals surface area contributed by atoms with Crippen LogP contribution in [0.3, 0.4) is 0 Å². The molecule has 3 aliphatic carbocycles. The van der Waals surface area contributed by atoms with E-state index in [4.69, 9.17) is 5.11 Å². The van der Waals surface area contributed by atoms with Crippen LogP contribution in [0.5, 0.6) is 0 Å². The Hall–Kier alpha value is -0.570. The number of hydrogen-bond acceptors (Lipinski definition) is 2. The Morgan fingerprint density at radius 2 is 2.00 bits per heavy atom. The fourth-order valence-electron chi connectivity index (χ4n) is 2.76. The van der Waals surface area contributed by atoms with Crippen LogP contribution in [-0.4, -0.2) is 22.3 Å². The Balaban J connectivity index is 2.14. The predicted molar refractivity (Wildman–Crippen MR) is 42.6 cm³/mol. The smallest absolute Gasteiger partial charge is 0.306 e. The topological polar surface area (TPSA) is 57.5 Å². The maximum atomic E-state index is 10.8. The van der Waals surface area contributed by atoms with Crippen LogP contribution in [0, 0.1) is 17.8 Å². The third-order valence-corrected chi connectivity index (χ3v) is 3.40. The van der Waals surface area contributed by atoms with Crippen molar-refractivity contribution in [2.24, 2.45) is 17.8 Å². The van der Waals surface area contributed by atoms with E-state index >= 15 is 0 Å². The summed E-state index contributed by atoms with van der Waals surface area (Å²) < 4.78 is 0. The van der Waals surface area contributed by atoms with Crippen LogP contribution in [0.1, 0.15) is 25.7 Å². The minimum absolute atomic E-state index is 0.0347. The van der Waals surface area contributed by atoms with Gasteiger partial charge in [-0.15, -0.1) is 0 Å². The highest BCUT2D eigenvalue weighted by Crippen LogP contribution is 2.45. The van der Waals surface area contributed by atoms with Crippen molar-refractivity contribution in [2.45, 2.75) is 31.8 Å². The first kappa shape index (κ1) is 8.05. The first-order valence-electron chi connectivity index (χ1n) is 4.59. The Bertz CT molecular complexity index is 202. The third kappa shape index (κ3) is 1.12. The van der Waals surface area contributed by atoms with Crippen molar-refractivity contribution in [1.29, 1.82) is 0 Å². The standard InChI is InChI=1S/C9H14O3/c10-8-4-5-1-2-6(8)7(3-5)9(11)12/h5-8,10H,1-4H2,(H,11,12)/t5-,6+,7-,8+/m0/s1. The number of aliphatic hydroxyl groups is 1. The van der Waals surface area contributed by atoms with Crippen molar-refractivity contribution < 1.29 is 15.0 Å². The van der Waals surface area contributed by atoms with Gasteiger partial charge in [0, 0.05) is 0 Å². The van der Waals surface area contributed by atoms with E-state index in [9.17, 15) is 9.90 Å². The SMILES string of the molecule is O=C(O)[C@H]1C[C@@H]2CC[C@H]1[C@H](O)C2. The summed E-state index contributed by atoms with van der Waals surface area (Å²) in [5, 5.41) is 18.4. The zero-order valence-corrected chi connectivity index (χ0v) is 6.94. The second kappa shape index (κ2) is 2.73. The zero-order chi connectivity index (χ0) is 8.72. The number of carbonyl (C=O) groups is 1. The van der Waals surface area contributed by atoms with E-state index < -0.39 is 5.97 Å². The van der Waals surface area contributed by atoms with Gasteiger partial charge >= 0.3 is 5.97 Å². The van der Waals surface area contributed by atoms with E-state index in [0.717, 1.165) is 25.7 Å². The second-order valence-corrected chi connectivity index (χ2v) is 4.09. The van der Waals surface area contributed by atoms with E-state index in [1.54, 1.807) is 0 Å². The Kier molecular flexibility index (Phi) is 1.83. The molecule has 3 saturated carbocycles. The molecule has 0 saturated heterocycles. The summed E-state index contributed by atoms with van der Waals surface area (Å²) in [7, 11) is 0. The molecule has 3 aliphatic rings. The lowest BCUT2D eigenvalue weighted by atomic mass is 9.63. The molecule has 2 N–H and O–H groups in total. The molecule has 0 heterocycles. The van der Waals surface area contributed by atoms with Gasteiger partial charge in [0.25, 0.3) is 0 Å². The van der Waals surface area contributed by atoms with Crippen molar-refractivity contribution in [1.82, 2.24) is 0 Å². The average Bonchev–Trinajstić information content (AvgIpc) is 2.04. The predicted octanol–water partition coefficient (Wildman–Crippen LogP) is 0.868. The molecule has 0 aromatic rings. The third-order valence-electron chi connectivity index (χ3n) is 3.40.